The van der Waals surface area contributed by atoms with Crippen molar-refractivity contribution < 1.29 is 9.53 Å². The number of benzene rings is 2. The van der Waals surface area contributed by atoms with E-state index in [-0.39, 0.29) is 11.8 Å². The smallest absolute Gasteiger partial charge is 0.245 e. The van der Waals surface area contributed by atoms with Crippen LogP contribution in [0, 0.1) is 0 Å². The van der Waals surface area contributed by atoms with Crippen LogP contribution >= 0.6 is 0 Å². The molecule has 0 aliphatic carbocycles. The summed E-state index contributed by atoms with van der Waals surface area (Å²) in [5.41, 5.74) is 4.24. The lowest BCUT2D eigenvalue weighted by molar-refractivity contribution is -0.125. The molecule has 1 amide bonds. The standard InChI is InChI=1S/C26H22N4O2/c1-2-25(31)30-12-10-19(16-30)23-14-20(13-21-15-27-17-29-26(21)23)18-6-8-22(9-7-18)32-24-5-3-4-11-28-24/h2-9,11,13-15,17,19H,1,10,12,16H2. The zero-order valence-corrected chi connectivity index (χ0v) is 17.5. The van der Waals surface area contributed by atoms with Crippen molar-refractivity contribution in [2.45, 2.75) is 12.3 Å². The molecule has 1 fully saturated rings. The van der Waals surface area contributed by atoms with E-state index in [0.717, 1.165) is 46.3 Å². The molecule has 1 atom stereocenters. The molecule has 4 aromatic rings. The van der Waals surface area contributed by atoms with Crippen LogP contribution in [0.1, 0.15) is 17.9 Å². The highest BCUT2D eigenvalue weighted by molar-refractivity contribution is 5.89. The minimum absolute atomic E-state index is 0.0221. The van der Waals surface area contributed by atoms with Gasteiger partial charge in [-0.1, -0.05) is 24.8 Å². The summed E-state index contributed by atoms with van der Waals surface area (Å²) in [5, 5.41) is 0.988. The molecule has 1 aliphatic rings. The van der Waals surface area contributed by atoms with Crippen molar-refractivity contribution in [1.82, 2.24) is 19.9 Å². The summed E-state index contributed by atoms with van der Waals surface area (Å²) >= 11 is 0. The molecule has 1 unspecified atom stereocenters. The van der Waals surface area contributed by atoms with E-state index in [1.54, 1.807) is 12.5 Å². The monoisotopic (exact) mass is 422 g/mol. The zero-order chi connectivity index (χ0) is 21.9. The number of rotatable bonds is 5. The summed E-state index contributed by atoms with van der Waals surface area (Å²) < 4.78 is 5.81. The minimum atomic E-state index is -0.0221. The Morgan fingerprint density at radius 3 is 2.75 bits per heavy atom. The summed E-state index contributed by atoms with van der Waals surface area (Å²) in [7, 11) is 0. The highest BCUT2D eigenvalue weighted by Crippen LogP contribution is 2.35. The molecule has 2 aromatic carbocycles. The fraction of sp³-hybridized carbons (Fsp3) is 0.154. The molecule has 0 N–H and O–H groups in total. The van der Waals surface area contributed by atoms with Crippen molar-refractivity contribution in [3.63, 3.8) is 0 Å². The number of hydrogen-bond acceptors (Lipinski definition) is 5. The number of hydrogen-bond donors (Lipinski definition) is 0. The maximum absolute atomic E-state index is 12.1. The first-order chi connectivity index (χ1) is 15.7. The Morgan fingerprint density at radius 1 is 1.09 bits per heavy atom. The molecule has 6 nitrogen and oxygen atoms in total. The highest BCUT2D eigenvalue weighted by atomic mass is 16.5. The maximum Gasteiger partial charge on any atom is 0.245 e. The number of carbonyl (C=O) groups excluding carboxylic acids is 1. The Kier molecular flexibility index (Phi) is 5.34. The Bertz CT molecular complexity index is 1270. The molecule has 1 saturated heterocycles. The quantitative estimate of drug-likeness (QED) is 0.424. The van der Waals surface area contributed by atoms with Gasteiger partial charge >= 0.3 is 0 Å². The van der Waals surface area contributed by atoms with Crippen LogP contribution in [0.2, 0.25) is 0 Å². The highest BCUT2D eigenvalue weighted by Gasteiger charge is 2.28. The van der Waals surface area contributed by atoms with E-state index in [9.17, 15) is 4.79 Å². The average molecular weight is 422 g/mol. The third kappa shape index (κ3) is 3.95. The third-order valence-electron chi connectivity index (χ3n) is 5.80. The molecule has 0 radical (unpaired) electrons. The molecule has 5 rings (SSSR count). The number of ether oxygens (including phenoxy) is 1. The Hall–Kier alpha value is -4.06. The molecule has 2 aromatic heterocycles. The van der Waals surface area contributed by atoms with Gasteiger partial charge in [-0.15, -0.1) is 0 Å². The van der Waals surface area contributed by atoms with Crippen LogP contribution in [-0.4, -0.2) is 38.8 Å². The van der Waals surface area contributed by atoms with E-state index < -0.39 is 0 Å². The number of fused-ring (bicyclic) bond motifs is 1. The van der Waals surface area contributed by atoms with Gasteiger partial charge in [-0.3, -0.25) is 4.79 Å². The molecule has 1 aliphatic heterocycles. The number of pyridine rings is 1. The topological polar surface area (TPSA) is 68.2 Å². The normalized spacial score (nSPS) is 15.6. The summed E-state index contributed by atoms with van der Waals surface area (Å²) in [6, 6.07) is 17.8. The second-order valence-corrected chi connectivity index (χ2v) is 7.79. The van der Waals surface area contributed by atoms with Gasteiger partial charge in [0.2, 0.25) is 11.8 Å². The lowest BCUT2D eigenvalue weighted by atomic mass is 9.92. The predicted molar refractivity (Wildman–Crippen MR) is 123 cm³/mol. The lowest BCUT2D eigenvalue weighted by Crippen LogP contribution is -2.26. The minimum Gasteiger partial charge on any atom is -0.439 e. The SMILES string of the molecule is C=CC(=O)N1CCC(c2cc(-c3ccc(Oc4ccccn4)cc3)cc3cncnc23)C1. The van der Waals surface area contributed by atoms with E-state index in [1.165, 1.54) is 6.08 Å². The van der Waals surface area contributed by atoms with Gasteiger partial charge in [0.05, 0.1) is 5.52 Å². The first kappa shape index (κ1) is 19.9. The maximum atomic E-state index is 12.1. The van der Waals surface area contributed by atoms with Crippen molar-refractivity contribution >= 4 is 16.8 Å². The van der Waals surface area contributed by atoms with Crippen molar-refractivity contribution in [3.05, 3.63) is 91.5 Å². The summed E-state index contributed by atoms with van der Waals surface area (Å²) in [6.45, 7) is 5.01. The third-order valence-corrected chi connectivity index (χ3v) is 5.80. The molecule has 0 saturated carbocycles. The van der Waals surface area contributed by atoms with Crippen LogP contribution in [-0.2, 0) is 4.79 Å². The Balaban J connectivity index is 1.47. The second-order valence-electron chi connectivity index (χ2n) is 7.79. The van der Waals surface area contributed by atoms with Gasteiger partial charge in [0.15, 0.2) is 0 Å². The van der Waals surface area contributed by atoms with Crippen LogP contribution < -0.4 is 4.74 Å². The number of aromatic nitrogens is 3. The van der Waals surface area contributed by atoms with Crippen molar-refractivity contribution in [2.24, 2.45) is 0 Å². The molecular formula is C26H22N4O2. The van der Waals surface area contributed by atoms with E-state index in [2.05, 4.69) is 33.7 Å². The number of nitrogens with zero attached hydrogens (tertiary/aromatic N) is 4. The molecular weight excluding hydrogens is 400 g/mol. The number of likely N-dealkylation sites (tertiary alicyclic amines) is 1. The van der Waals surface area contributed by atoms with Gasteiger partial charge in [0.1, 0.15) is 12.1 Å². The summed E-state index contributed by atoms with van der Waals surface area (Å²) in [6.07, 6.45) is 7.41. The average Bonchev–Trinajstić information content (AvgIpc) is 3.34. The van der Waals surface area contributed by atoms with Gasteiger partial charge in [0, 0.05) is 42.9 Å². The molecule has 0 bridgehead atoms. The molecule has 3 heterocycles. The van der Waals surface area contributed by atoms with E-state index in [4.69, 9.17) is 4.74 Å². The van der Waals surface area contributed by atoms with Gasteiger partial charge < -0.3 is 9.64 Å². The van der Waals surface area contributed by atoms with E-state index in [0.29, 0.717) is 12.4 Å². The molecule has 32 heavy (non-hydrogen) atoms. The van der Waals surface area contributed by atoms with Gasteiger partial charge in [-0.2, -0.15) is 0 Å². The van der Waals surface area contributed by atoms with Crippen molar-refractivity contribution in [2.75, 3.05) is 13.1 Å². The van der Waals surface area contributed by atoms with Crippen LogP contribution in [0.25, 0.3) is 22.0 Å². The van der Waals surface area contributed by atoms with Gasteiger partial charge in [-0.25, -0.2) is 15.0 Å². The largest absolute Gasteiger partial charge is 0.439 e. The second kappa shape index (κ2) is 8.59. The van der Waals surface area contributed by atoms with E-state index >= 15 is 0 Å². The van der Waals surface area contributed by atoms with Crippen LogP contribution in [0.4, 0.5) is 0 Å². The van der Waals surface area contributed by atoms with Gasteiger partial charge in [0.25, 0.3) is 0 Å². The fourth-order valence-corrected chi connectivity index (χ4v) is 4.20. The fourth-order valence-electron chi connectivity index (χ4n) is 4.20. The summed E-state index contributed by atoms with van der Waals surface area (Å²) in [5.74, 6) is 1.49. The lowest BCUT2D eigenvalue weighted by Gasteiger charge is -2.17. The van der Waals surface area contributed by atoms with E-state index in [1.807, 2.05) is 53.6 Å². The molecule has 6 heteroatoms. The zero-order valence-electron chi connectivity index (χ0n) is 17.5. The van der Waals surface area contributed by atoms with Crippen molar-refractivity contribution in [1.29, 1.82) is 0 Å². The molecule has 0 spiro atoms. The molecule has 158 valence electrons. The Labute approximate surface area is 186 Å². The summed E-state index contributed by atoms with van der Waals surface area (Å²) in [4.78, 5) is 26.9. The number of carbonyl (C=O) groups is 1. The Morgan fingerprint density at radius 2 is 1.97 bits per heavy atom. The van der Waals surface area contributed by atoms with Crippen LogP contribution in [0.5, 0.6) is 11.6 Å². The predicted octanol–water partition coefficient (Wildman–Crippen LogP) is 4.99. The van der Waals surface area contributed by atoms with Crippen LogP contribution in [0.3, 0.4) is 0 Å². The van der Waals surface area contributed by atoms with Crippen LogP contribution in [0.15, 0.2) is 86.0 Å². The first-order valence-electron chi connectivity index (χ1n) is 10.6. The van der Waals surface area contributed by atoms with Gasteiger partial charge in [-0.05, 0) is 59.5 Å². The van der Waals surface area contributed by atoms with Crippen molar-refractivity contribution in [3.8, 4) is 22.8 Å². The number of amides is 1. The first-order valence-corrected chi connectivity index (χ1v) is 10.6.